The number of carbonyl (C=O) groups is 1. The van der Waals surface area contributed by atoms with Crippen LogP contribution in [0.2, 0.25) is 0 Å². The summed E-state index contributed by atoms with van der Waals surface area (Å²) in [7, 11) is 1.64. The highest BCUT2D eigenvalue weighted by molar-refractivity contribution is 5.94. The van der Waals surface area contributed by atoms with E-state index in [0.29, 0.717) is 18.7 Å². The molecular formula is C14H22N2O2. The summed E-state index contributed by atoms with van der Waals surface area (Å²) >= 11 is 0. The molecule has 0 aliphatic heterocycles. The Morgan fingerprint density at radius 1 is 1.50 bits per heavy atom. The summed E-state index contributed by atoms with van der Waals surface area (Å²) in [4.78, 5) is 12.0. The molecule has 1 amide bonds. The van der Waals surface area contributed by atoms with Gasteiger partial charge in [0.1, 0.15) is 0 Å². The number of hydrogen-bond acceptors (Lipinski definition) is 3. The number of rotatable bonds is 7. The van der Waals surface area contributed by atoms with Gasteiger partial charge in [-0.2, -0.15) is 0 Å². The second-order valence-corrected chi connectivity index (χ2v) is 4.27. The number of hydrogen-bond donors (Lipinski definition) is 2. The predicted molar refractivity (Wildman–Crippen MR) is 72.6 cm³/mol. The lowest BCUT2D eigenvalue weighted by molar-refractivity contribution is 0.0894. The van der Waals surface area contributed by atoms with Crippen molar-refractivity contribution in [2.24, 2.45) is 5.73 Å². The fourth-order valence-corrected chi connectivity index (χ4v) is 1.77. The van der Waals surface area contributed by atoms with E-state index in [1.54, 1.807) is 7.11 Å². The van der Waals surface area contributed by atoms with Gasteiger partial charge in [-0.05, 0) is 37.1 Å². The summed E-state index contributed by atoms with van der Waals surface area (Å²) in [6.45, 7) is 3.14. The lowest BCUT2D eigenvalue weighted by Crippen LogP contribution is -2.37. The maximum atomic E-state index is 12.0. The molecule has 100 valence electrons. The fourth-order valence-electron chi connectivity index (χ4n) is 1.77. The monoisotopic (exact) mass is 250 g/mol. The molecule has 1 rings (SSSR count). The standard InChI is InChI=1S/C14H22N2O2/c1-3-13(10-18-2)16-14(17)12-6-4-5-11(9-12)7-8-15/h4-6,9,13H,3,7-8,10,15H2,1-2H3,(H,16,17). The van der Waals surface area contributed by atoms with Crippen molar-refractivity contribution >= 4 is 5.91 Å². The van der Waals surface area contributed by atoms with Crippen LogP contribution in [0, 0.1) is 0 Å². The molecule has 0 fully saturated rings. The molecule has 1 unspecified atom stereocenters. The van der Waals surface area contributed by atoms with Gasteiger partial charge in [-0.3, -0.25) is 4.79 Å². The minimum absolute atomic E-state index is 0.0562. The molecule has 0 aliphatic rings. The van der Waals surface area contributed by atoms with Crippen molar-refractivity contribution in [2.75, 3.05) is 20.3 Å². The predicted octanol–water partition coefficient (Wildman–Crippen LogP) is 1.34. The van der Waals surface area contributed by atoms with Gasteiger partial charge < -0.3 is 15.8 Å². The maximum Gasteiger partial charge on any atom is 0.251 e. The molecule has 1 aromatic carbocycles. The maximum absolute atomic E-state index is 12.0. The van der Waals surface area contributed by atoms with E-state index < -0.39 is 0 Å². The molecule has 0 radical (unpaired) electrons. The van der Waals surface area contributed by atoms with Gasteiger partial charge in [0.25, 0.3) is 5.91 Å². The molecule has 4 nitrogen and oxygen atoms in total. The van der Waals surface area contributed by atoms with Crippen molar-refractivity contribution in [1.82, 2.24) is 5.32 Å². The highest BCUT2D eigenvalue weighted by atomic mass is 16.5. The number of nitrogens with two attached hydrogens (primary N) is 1. The zero-order valence-electron chi connectivity index (χ0n) is 11.1. The zero-order valence-corrected chi connectivity index (χ0v) is 11.1. The van der Waals surface area contributed by atoms with Crippen molar-refractivity contribution in [3.63, 3.8) is 0 Å². The second kappa shape index (κ2) is 7.84. The number of benzene rings is 1. The van der Waals surface area contributed by atoms with Crippen LogP contribution in [0.1, 0.15) is 29.3 Å². The largest absolute Gasteiger partial charge is 0.383 e. The first kappa shape index (κ1) is 14.7. The van der Waals surface area contributed by atoms with E-state index in [1.165, 1.54) is 0 Å². The first-order valence-electron chi connectivity index (χ1n) is 6.30. The molecule has 1 atom stereocenters. The van der Waals surface area contributed by atoms with E-state index in [2.05, 4.69) is 5.32 Å². The van der Waals surface area contributed by atoms with Crippen LogP contribution in [0.5, 0.6) is 0 Å². The number of methoxy groups -OCH3 is 1. The quantitative estimate of drug-likeness (QED) is 0.767. The topological polar surface area (TPSA) is 64.3 Å². The van der Waals surface area contributed by atoms with Crippen LogP contribution in [0.25, 0.3) is 0 Å². The third-order valence-electron chi connectivity index (χ3n) is 2.82. The van der Waals surface area contributed by atoms with E-state index in [1.807, 2.05) is 31.2 Å². The average molecular weight is 250 g/mol. The Kier molecular flexibility index (Phi) is 6.39. The first-order valence-corrected chi connectivity index (χ1v) is 6.30. The lowest BCUT2D eigenvalue weighted by Gasteiger charge is -2.16. The normalized spacial score (nSPS) is 12.2. The zero-order chi connectivity index (χ0) is 13.4. The van der Waals surface area contributed by atoms with E-state index >= 15 is 0 Å². The van der Waals surface area contributed by atoms with Crippen molar-refractivity contribution in [1.29, 1.82) is 0 Å². The van der Waals surface area contributed by atoms with Gasteiger partial charge in [0.15, 0.2) is 0 Å². The minimum Gasteiger partial charge on any atom is -0.383 e. The van der Waals surface area contributed by atoms with Gasteiger partial charge >= 0.3 is 0 Å². The smallest absolute Gasteiger partial charge is 0.251 e. The minimum atomic E-state index is -0.0576. The van der Waals surface area contributed by atoms with Crippen molar-refractivity contribution in [3.05, 3.63) is 35.4 Å². The van der Waals surface area contributed by atoms with Crippen molar-refractivity contribution in [2.45, 2.75) is 25.8 Å². The number of amides is 1. The highest BCUT2D eigenvalue weighted by Gasteiger charge is 2.12. The Morgan fingerprint density at radius 2 is 2.28 bits per heavy atom. The molecule has 0 heterocycles. The number of carbonyl (C=O) groups excluding carboxylic acids is 1. The van der Waals surface area contributed by atoms with Gasteiger partial charge in [0.2, 0.25) is 0 Å². The summed E-state index contributed by atoms with van der Waals surface area (Å²) in [6, 6.07) is 7.63. The molecule has 18 heavy (non-hydrogen) atoms. The third-order valence-corrected chi connectivity index (χ3v) is 2.82. The molecule has 4 heteroatoms. The summed E-state index contributed by atoms with van der Waals surface area (Å²) in [5.41, 5.74) is 7.28. The van der Waals surface area contributed by atoms with Crippen molar-refractivity contribution < 1.29 is 9.53 Å². The molecule has 0 bridgehead atoms. The number of nitrogens with one attached hydrogen (secondary N) is 1. The number of ether oxygens (including phenoxy) is 1. The van der Waals surface area contributed by atoms with Gasteiger partial charge in [0.05, 0.1) is 12.6 Å². The Labute approximate surface area is 109 Å². The Bertz CT molecular complexity index is 380. The van der Waals surface area contributed by atoms with Gasteiger partial charge in [0, 0.05) is 12.7 Å². The van der Waals surface area contributed by atoms with E-state index in [4.69, 9.17) is 10.5 Å². The lowest BCUT2D eigenvalue weighted by atomic mass is 10.1. The SMILES string of the molecule is CCC(COC)NC(=O)c1cccc(CCN)c1. The average Bonchev–Trinajstić information content (AvgIpc) is 2.39. The second-order valence-electron chi connectivity index (χ2n) is 4.27. The molecule has 0 aromatic heterocycles. The molecular weight excluding hydrogens is 228 g/mol. The highest BCUT2D eigenvalue weighted by Crippen LogP contribution is 2.06. The Hall–Kier alpha value is -1.39. The summed E-state index contributed by atoms with van der Waals surface area (Å²) in [6.07, 6.45) is 1.64. The molecule has 0 spiro atoms. The van der Waals surface area contributed by atoms with Gasteiger partial charge in [-0.1, -0.05) is 19.1 Å². The molecule has 0 saturated carbocycles. The van der Waals surface area contributed by atoms with E-state index in [-0.39, 0.29) is 11.9 Å². The van der Waals surface area contributed by atoms with Gasteiger partial charge in [-0.25, -0.2) is 0 Å². The molecule has 0 aliphatic carbocycles. The Morgan fingerprint density at radius 3 is 2.89 bits per heavy atom. The summed E-state index contributed by atoms with van der Waals surface area (Å²) in [5, 5.41) is 2.96. The van der Waals surface area contributed by atoms with Crippen LogP contribution in [0.4, 0.5) is 0 Å². The van der Waals surface area contributed by atoms with Crippen LogP contribution in [-0.2, 0) is 11.2 Å². The third kappa shape index (κ3) is 4.47. The fraction of sp³-hybridized carbons (Fsp3) is 0.500. The van der Waals surface area contributed by atoms with Crippen LogP contribution < -0.4 is 11.1 Å². The van der Waals surface area contributed by atoms with Crippen molar-refractivity contribution in [3.8, 4) is 0 Å². The van der Waals surface area contributed by atoms with E-state index in [0.717, 1.165) is 18.4 Å². The molecule has 0 saturated heterocycles. The van der Waals surface area contributed by atoms with Crippen LogP contribution >= 0.6 is 0 Å². The summed E-state index contributed by atoms with van der Waals surface area (Å²) in [5.74, 6) is -0.0576. The van der Waals surface area contributed by atoms with Crippen LogP contribution in [0.15, 0.2) is 24.3 Å². The molecule has 3 N–H and O–H groups in total. The summed E-state index contributed by atoms with van der Waals surface area (Å²) < 4.78 is 5.06. The first-order chi connectivity index (χ1) is 8.71. The van der Waals surface area contributed by atoms with Crippen LogP contribution in [-0.4, -0.2) is 32.2 Å². The molecule has 1 aromatic rings. The van der Waals surface area contributed by atoms with Gasteiger partial charge in [-0.15, -0.1) is 0 Å². The van der Waals surface area contributed by atoms with Crippen LogP contribution in [0.3, 0.4) is 0 Å². The Balaban J connectivity index is 2.68. The van der Waals surface area contributed by atoms with E-state index in [9.17, 15) is 4.79 Å².